The minimum Gasteiger partial charge on any atom is -0.326 e. The SMILES string of the molecule is O=C(Nc1ccc(F)c(F)c1)C1CCCN(S(=O)(=O)c2ccc(F)cc2)C1. The van der Waals surface area contributed by atoms with Crippen LogP contribution in [0.1, 0.15) is 12.8 Å². The van der Waals surface area contributed by atoms with E-state index in [0.717, 1.165) is 24.3 Å². The van der Waals surface area contributed by atoms with Gasteiger partial charge in [0.15, 0.2) is 11.6 Å². The van der Waals surface area contributed by atoms with Gasteiger partial charge in [-0.05, 0) is 49.2 Å². The quantitative estimate of drug-likeness (QED) is 0.861. The van der Waals surface area contributed by atoms with Crippen LogP contribution in [0.15, 0.2) is 47.4 Å². The molecule has 1 aliphatic rings. The Morgan fingerprint density at radius 2 is 1.74 bits per heavy atom. The molecule has 1 heterocycles. The highest BCUT2D eigenvalue weighted by molar-refractivity contribution is 7.89. The maximum absolute atomic E-state index is 13.3. The second kappa shape index (κ2) is 7.69. The van der Waals surface area contributed by atoms with Crippen LogP contribution < -0.4 is 5.32 Å². The Bertz CT molecular complexity index is 949. The third kappa shape index (κ3) is 4.30. The van der Waals surface area contributed by atoms with Crippen LogP contribution in [0.25, 0.3) is 0 Å². The lowest BCUT2D eigenvalue weighted by Gasteiger charge is -2.31. The summed E-state index contributed by atoms with van der Waals surface area (Å²) >= 11 is 0. The summed E-state index contributed by atoms with van der Waals surface area (Å²) in [5, 5.41) is 2.48. The van der Waals surface area contributed by atoms with Crippen LogP contribution in [-0.4, -0.2) is 31.7 Å². The number of halogens is 3. The van der Waals surface area contributed by atoms with E-state index in [1.54, 1.807) is 0 Å². The van der Waals surface area contributed by atoms with Crippen LogP contribution in [0.2, 0.25) is 0 Å². The normalized spacial score (nSPS) is 18.3. The molecule has 1 N–H and O–H groups in total. The summed E-state index contributed by atoms with van der Waals surface area (Å²) < 4.78 is 65.8. The second-order valence-electron chi connectivity index (χ2n) is 6.27. The van der Waals surface area contributed by atoms with Crippen LogP contribution in [0.4, 0.5) is 18.9 Å². The monoisotopic (exact) mass is 398 g/mol. The van der Waals surface area contributed by atoms with Gasteiger partial charge in [0.25, 0.3) is 0 Å². The van der Waals surface area contributed by atoms with Gasteiger partial charge >= 0.3 is 0 Å². The van der Waals surface area contributed by atoms with Gasteiger partial charge in [0.2, 0.25) is 15.9 Å². The number of hydrogen-bond acceptors (Lipinski definition) is 3. The third-order valence-electron chi connectivity index (χ3n) is 4.39. The summed E-state index contributed by atoms with van der Waals surface area (Å²) in [6, 6.07) is 7.46. The van der Waals surface area contributed by atoms with Gasteiger partial charge in [-0.3, -0.25) is 4.79 Å². The molecule has 1 amide bonds. The molecule has 2 aromatic carbocycles. The van der Waals surface area contributed by atoms with Crippen molar-refractivity contribution in [3.05, 3.63) is 59.9 Å². The van der Waals surface area contributed by atoms with Crippen LogP contribution >= 0.6 is 0 Å². The molecule has 0 saturated carbocycles. The molecule has 1 atom stereocenters. The molecule has 2 aromatic rings. The Hall–Kier alpha value is -2.39. The lowest BCUT2D eigenvalue weighted by molar-refractivity contribution is -0.120. The van der Waals surface area contributed by atoms with Crippen LogP contribution in [-0.2, 0) is 14.8 Å². The van der Waals surface area contributed by atoms with Crippen molar-refractivity contribution in [3.8, 4) is 0 Å². The van der Waals surface area contributed by atoms with Gasteiger partial charge in [-0.15, -0.1) is 0 Å². The predicted molar refractivity (Wildman–Crippen MR) is 92.9 cm³/mol. The predicted octanol–water partition coefficient (Wildman–Crippen LogP) is 3.14. The van der Waals surface area contributed by atoms with Crippen molar-refractivity contribution >= 4 is 21.6 Å². The van der Waals surface area contributed by atoms with E-state index in [1.165, 1.54) is 22.5 Å². The number of carbonyl (C=O) groups excluding carboxylic acids is 1. The highest BCUT2D eigenvalue weighted by atomic mass is 32.2. The Morgan fingerprint density at radius 1 is 1.04 bits per heavy atom. The Labute approximate surface area is 154 Å². The number of rotatable bonds is 4. The molecule has 27 heavy (non-hydrogen) atoms. The molecular formula is C18H17F3N2O3S. The van der Waals surface area contributed by atoms with E-state index in [2.05, 4.69) is 5.32 Å². The first-order valence-corrected chi connectivity index (χ1v) is 9.73. The second-order valence-corrected chi connectivity index (χ2v) is 8.21. The van der Waals surface area contributed by atoms with E-state index in [0.29, 0.717) is 12.8 Å². The molecule has 0 spiro atoms. The number of hydrogen-bond donors (Lipinski definition) is 1. The third-order valence-corrected chi connectivity index (χ3v) is 6.27. The Morgan fingerprint density at radius 3 is 2.41 bits per heavy atom. The highest BCUT2D eigenvalue weighted by Gasteiger charge is 2.33. The Balaban J connectivity index is 1.72. The molecule has 5 nitrogen and oxygen atoms in total. The minimum absolute atomic E-state index is 0.0464. The van der Waals surface area contributed by atoms with Gasteiger partial charge in [0, 0.05) is 24.8 Å². The lowest BCUT2D eigenvalue weighted by Crippen LogP contribution is -2.43. The molecule has 0 aliphatic carbocycles. The molecule has 9 heteroatoms. The Kier molecular flexibility index (Phi) is 5.52. The summed E-state index contributed by atoms with van der Waals surface area (Å²) in [5.41, 5.74) is 0.0948. The maximum atomic E-state index is 13.3. The van der Waals surface area contributed by atoms with Crippen molar-refractivity contribution < 1.29 is 26.4 Å². The zero-order chi connectivity index (χ0) is 19.6. The number of carbonyl (C=O) groups is 1. The van der Waals surface area contributed by atoms with Gasteiger partial charge in [0.05, 0.1) is 10.8 Å². The van der Waals surface area contributed by atoms with E-state index < -0.39 is 39.3 Å². The topological polar surface area (TPSA) is 66.5 Å². The number of piperidine rings is 1. The largest absolute Gasteiger partial charge is 0.326 e. The van der Waals surface area contributed by atoms with E-state index >= 15 is 0 Å². The zero-order valence-electron chi connectivity index (χ0n) is 14.2. The number of amides is 1. The van der Waals surface area contributed by atoms with Crippen LogP contribution in [0.5, 0.6) is 0 Å². The highest BCUT2D eigenvalue weighted by Crippen LogP contribution is 2.25. The van der Waals surface area contributed by atoms with E-state index in [1.807, 2.05) is 0 Å². The van der Waals surface area contributed by atoms with Crippen molar-refractivity contribution in [3.63, 3.8) is 0 Å². The maximum Gasteiger partial charge on any atom is 0.243 e. The fourth-order valence-corrected chi connectivity index (χ4v) is 4.47. The zero-order valence-corrected chi connectivity index (χ0v) is 15.0. The van der Waals surface area contributed by atoms with Crippen LogP contribution in [0, 0.1) is 23.4 Å². The smallest absolute Gasteiger partial charge is 0.243 e. The van der Waals surface area contributed by atoms with E-state index in [4.69, 9.17) is 0 Å². The number of nitrogens with zero attached hydrogens (tertiary/aromatic N) is 1. The summed E-state index contributed by atoms with van der Waals surface area (Å²) in [4.78, 5) is 12.4. The molecule has 0 aromatic heterocycles. The summed E-state index contributed by atoms with van der Waals surface area (Å²) in [5.74, 6) is -3.77. The number of benzene rings is 2. The van der Waals surface area contributed by atoms with Crippen molar-refractivity contribution in [1.82, 2.24) is 4.31 Å². The molecule has 0 bridgehead atoms. The average Bonchev–Trinajstić information content (AvgIpc) is 2.65. The van der Waals surface area contributed by atoms with Crippen molar-refractivity contribution in [1.29, 1.82) is 0 Å². The molecule has 3 rings (SSSR count). The molecular weight excluding hydrogens is 381 g/mol. The number of anilines is 1. The van der Waals surface area contributed by atoms with E-state index in [-0.39, 0.29) is 23.7 Å². The first kappa shape index (κ1) is 19.4. The standard InChI is InChI=1S/C18H17F3N2O3S/c19-13-3-6-15(7-4-13)27(25,26)23-9-1-2-12(11-23)18(24)22-14-5-8-16(20)17(21)10-14/h3-8,10,12H,1-2,9,11H2,(H,22,24). The van der Waals surface area contributed by atoms with Crippen molar-refractivity contribution in [2.45, 2.75) is 17.7 Å². The van der Waals surface area contributed by atoms with Crippen LogP contribution in [0.3, 0.4) is 0 Å². The fraction of sp³-hybridized carbons (Fsp3) is 0.278. The van der Waals surface area contributed by atoms with E-state index in [9.17, 15) is 26.4 Å². The molecule has 1 saturated heterocycles. The van der Waals surface area contributed by atoms with Gasteiger partial charge in [-0.25, -0.2) is 21.6 Å². The molecule has 144 valence electrons. The molecule has 0 radical (unpaired) electrons. The summed E-state index contributed by atoms with van der Waals surface area (Å²) in [6.45, 7) is 0.198. The minimum atomic E-state index is -3.85. The van der Waals surface area contributed by atoms with Crippen molar-refractivity contribution in [2.24, 2.45) is 5.92 Å². The van der Waals surface area contributed by atoms with Gasteiger partial charge in [-0.1, -0.05) is 0 Å². The van der Waals surface area contributed by atoms with Gasteiger partial charge < -0.3 is 5.32 Å². The molecule has 1 fully saturated rings. The van der Waals surface area contributed by atoms with Gasteiger partial charge in [-0.2, -0.15) is 4.31 Å². The van der Waals surface area contributed by atoms with Gasteiger partial charge in [0.1, 0.15) is 5.82 Å². The summed E-state index contributed by atoms with van der Waals surface area (Å²) in [7, 11) is -3.85. The first-order valence-electron chi connectivity index (χ1n) is 8.29. The van der Waals surface area contributed by atoms with Crippen molar-refractivity contribution in [2.75, 3.05) is 18.4 Å². The average molecular weight is 398 g/mol. The summed E-state index contributed by atoms with van der Waals surface area (Å²) in [6.07, 6.45) is 0.932. The lowest BCUT2D eigenvalue weighted by atomic mass is 9.98. The molecule has 1 aliphatic heterocycles. The fourth-order valence-electron chi connectivity index (χ4n) is 2.95. The molecule has 1 unspecified atom stereocenters. The first-order chi connectivity index (χ1) is 12.8. The number of sulfonamides is 1. The number of nitrogens with one attached hydrogen (secondary N) is 1.